The molecule has 2 aromatic rings. The first-order valence-corrected chi connectivity index (χ1v) is 11.8. The quantitative estimate of drug-likeness (QED) is 0.625. The average molecular weight is 449 g/mol. The van der Waals surface area contributed by atoms with Gasteiger partial charge >= 0.3 is 0 Å². The Labute approximate surface area is 187 Å². The summed E-state index contributed by atoms with van der Waals surface area (Å²) in [6, 6.07) is 6.58. The number of hydrogen-bond donors (Lipinski definition) is 1. The second-order valence-corrected chi connectivity index (χ2v) is 9.32. The molecule has 1 aromatic carbocycles. The second-order valence-electron chi connectivity index (χ2n) is 8.27. The zero-order chi connectivity index (χ0) is 21.5. The molecule has 1 unspecified atom stereocenters. The third-order valence-electron chi connectivity index (χ3n) is 5.48. The van der Waals surface area contributed by atoms with Crippen LogP contribution in [-0.2, 0) is 4.79 Å². The molecule has 6 nitrogen and oxygen atoms in total. The Morgan fingerprint density at radius 1 is 1.20 bits per heavy atom. The molecule has 1 aliphatic rings. The van der Waals surface area contributed by atoms with Crippen molar-refractivity contribution in [1.29, 1.82) is 0 Å². The number of carbonyl (C=O) groups is 2. The molecule has 0 aliphatic heterocycles. The van der Waals surface area contributed by atoms with Crippen LogP contribution < -0.4 is 5.32 Å². The predicted molar refractivity (Wildman–Crippen MR) is 120 cm³/mol. The van der Waals surface area contributed by atoms with Gasteiger partial charge in [-0.1, -0.05) is 61.3 Å². The summed E-state index contributed by atoms with van der Waals surface area (Å²) in [5.74, 6) is -0.0335. The maximum absolute atomic E-state index is 13.5. The molecule has 1 atom stereocenters. The highest BCUT2D eigenvalue weighted by Crippen LogP contribution is 2.27. The molecule has 1 heterocycles. The molecule has 1 saturated carbocycles. The minimum absolute atomic E-state index is 0.149. The van der Waals surface area contributed by atoms with E-state index in [1.54, 1.807) is 22.4 Å². The highest BCUT2D eigenvalue weighted by molar-refractivity contribution is 7.03. The van der Waals surface area contributed by atoms with Crippen LogP contribution in [0.3, 0.4) is 0 Å². The lowest BCUT2D eigenvalue weighted by molar-refractivity contribution is -0.127. The molecule has 1 aromatic heterocycles. The van der Waals surface area contributed by atoms with Crippen LogP contribution in [-0.4, -0.2) is 38.9 Å². The van der Waals surface area contributed by atoms with E-state index in [-0.39, 0.29) is 23.6 Å². The van der Waals surface area contributed by atoms with Crippen LogP contribution >= 0.6 is 23.1 Å². The van der Waals surface area contributed by atoms with E-state index in [0.717, 1.165) is 49.2 Å². The Kier molecular flexibility index (Phi) is 8.22. The summed E-state index contributed by atoms with van der Waals surface area (Å²) in [6.45, 7) is 4.66. The van der Waals surface area contributed by atoms with Crippen LogP contribution in [0.2, 0.25) is 5.02 Å². The smallest absolute Gasteiger partial charge is 0.276 e. The van der Waals surface area contributed by atoms with Crippen LogP contribution in [0.4, 0.5) is 0 Å². The Bertz CT molecular complexity index is 820. The van der Waals surface area contributed by atoms with Gasteiger partial charge in [-0.15, -0.1) is 5.10 Å². The number of aromatic nitrogens is 2. The first kappa shape index (κ1) is 22.7. The summed E-state index contributed by atoms with van der Waals surface area (Å²) >= 11 is 7.21. The van der Waals surface area contributed by atoms with Gasteiger partial charge in [-0.25, -0.2) is 0 Å². The fraction of sp³-hybridized carbons (Fsp3) is 0.545. The van der Waals surface area contributed by atoms with Crippen LogP contribution in [0.5, 0.6) is 0 Å². The first-order chi connectivity index (χ1) is 14.5. The number of amides is 2. The minimum Gasteiger partial charge on any atom is -0.351 e. The van der Waals surface area contributed by atoms with E-state index in [2.05, 4.69) is 28.8 Å². The minimum atomic E-state index is -0.739. The lowest BCUT2D eigenvalue weighted by Gasteiger charge is -2.33. The molecule has 0 spiro atoms. The average Bonchev–Trinajstić information content (AvgIpc) is 3.27. The zero-order valence-corrected chi connectivity index (χ0v) is 19.1. The van der Waals surface area contributed by atoms with Gasteiger partial charge in [-0.3, -0.25) is 9.59 Å². The topological polar surface area (TPSA) is 75.2 Å². The Morgan fingerprint density at radius 3 is 2.50 bits per heavy atom. The highest BCUT2D eigenvalue weighted by atomic mass is 35.5. The molecule has 0 bridgehead atoms. The van der Waals surface area contributed by atoms with Crippen LogP contribution in [0.15, 0.2) is 29.6 Å². The predicted octanol–water partition coefficient (Wildman–Crippen LogP) is 4.87. The fourth-order valence-corrected chi connectivity index (χ4v) is 4.35. The van der Waals surface area contributed by atoms with E-state index in [9.17, 15) is 9.59 Å². The van der Waals surface area contributed by atoms with Gasteiger partial charge in [0, 0.05) is 23.0 Å². The Morgan fingerprint density at radius 2 is 1.90 bits per heavy atom. The summed E-state index contributed by atoms with van der Waals surface area (Å²) in [7, 11) is 0. The lowest BCUT2D eigenvalue weighted by Crippen LogP contribution is -2.47. The zero-order valence-electron chi connectivity index (χ0n) is 17.5. The molecule has 1 N–H and O–H groups in total. The van der Waals surface area contributed by atoms with Gasteiger partial charge in [-0.05, 0) is 54.4 Å². The molecule has 2 amide bonds. The van der Waals surface area contributed by atoms with Crippen molar-refractivity contribution in [2.24, 2.45) is 5.92 Å². The first-order valence-electron chi connectivity index (χ1n) is 10.6. The molecular formula is C22H29ClN4O2S. The maximum Gasteiger partial charge on any atom is 0.276 e. The maximum atomic E-state index is 13.5. The number of nitrogens with zero attached hydrogens (tertiary/aromatic N) is 3. The van der Waals surface area contributed by atoms with E-state index >= 15 is 0 Å². The van der Waals surface area contributed by atoms with E-state index in [0.29, 0.717) is 17.5 Å². The van der Waals surface area contributed by atoms with Crippen LogP contribution in [0.1, 0.15) is 74.5 Å². The van der Waals surface area contributed by atoms with Crippen molar-refractivity contribution in [2.45, 2.75) is 64.5 Å². The van der Waals surface area contributed by atoms with Crippen molar-refractivity contribution in [3.63, 3.8) is 0 Å². The van der Waals surface area contributed by atoms with Gasteiger partial charge in [-0.2, -0.15) is 0 Å². The molecule has 0 saturated heterocycles. The van der Waals surface area contributed by atoms with Crippen molar-refractivity contribution in [3.8, 4) is 0 Å². The number of carbonyl (C=O) groups excluding carboxylic acids is 2. The molecule has 3 rings (SSSR count). The van der Waals surface area contributed by atoms with Gasteiger partial charge in [0.15, 0.2) is 5.69 Å². The lowest BCUT2D eigenvalue weighted by atomic mass is 9.94. The number of hydrogen-bond acceptors (Lipinski definition) is 5. The summed E-state index contributed by atoms with van der Waals surface area (Å²) in [5, 5.41) is 9.37. The van der Waals surface area contributed by atoms with Crippen LogP contribution in [0, 0.1) is 5.92 Å². The van der Waals surface area contributed by atoms with Crippen molar-refractivity contribution < 1.29 is 9.59 Å². The molecule has 1 aliphatic carbocycles. The van der Waals surface area contributed by atoms with Gasteiger partial charge in [0.1, 0.15) is 6.04 Å². The van der Waals surface area contributed by atoms with E-state index < -0.39 is 6.04 Å². The largest absolute Gasteiger partial charge is 0.351 e. The molecule has 30 heavy (non-hydrogen) atoms. The van der Waals surface area contributed by atoms with Gasteiger partial charge in [0.25, 0.3) is 5.91 Å². The summed E-state index contributed by atoms with van der Waals surface area (Å²) in [5.41, 5.74) is 1.01. The van der Waals surface area contributed by atoms with E-state index in [1.165, 1.54) is 6.42 Å². The van der Waals surface area contributed by atoms with E-state index in [1.807, 2.05) is 12.1 Å². The number of rotatable bonds is 8. The molecule has 0 radical (unpaired) electrons. The van der Waals surface area contributed by atoms with Gasteiger partial charge in [0.05, 0.1) is 0 Å². The number of halogens is 1. The third kappa shape index (κ3) is 6.01. The number of benzene rings is 1. The summed E-state index contributed by atoms with van der Waals surface area (Å²) < 4.78 is 3.83. The molecule has 1 fully saturated rings. The summed E-state index contributed by atoms with van der Waals surface area (Å²) in [4.78, 5) is 28.4. The van der Waals surface area contributed by atoms with Crippen LogP contribution in [0.25, 0.3) is 0 Å². The Balaban J connectivity index is 1.93. The fourth-order valence-electron chi connectivity index (χ4n) is 3.80. The monoisotopic (exact) mass is 448 g/mol. The molecule has 8 heteroatoms. The highest BCUT2D eigenvalue weighted by Gasteiger charge is 2.34. The van der Waals surface area contributed by atoms with Crippen molar-refractivity contribution in [3.05, 3.63) is 45.9 Å². The van der Waals surface area contributed by atoms with E-state index in [4.69, 9.17) is 11.6 Å². The van der Waals surface area contributed by atoms with Gasteiger partial charge < -0.3 is 10.2 Å². The standard InChI is InChI=1S/C22H29ClN4O2S/c1-15(2)12-13-27(22(29)19-14-30-26-25-19)20(16-8-10-17(23)11-9-16)21(28)24-18-6-4-3-5-7-18/h8-11,14-15,18,20H,3-7,12-13H2,1-2H3,(H,24,28). The van der Waals surface area contributed by atoms with Crippen molar-refractivity contribution >= 4 is 34.9 Å². The molecule has 162 valence electrons. The Hall–Kier alpha value is -1.99. The van der Waals surface area contributed by atoms with Crippen molar-refractivity contribution in [1.82, 2.24) is 19.8 Å². The normalized spacial score (nSPS) is 15.7. The van der Waals surface area contributed by atoms with Gasteiger partial charge in [0.2, 0.25) is 5.91 Å². The van der Waals surface area contributed by atoms with Crippen molar-refractivity contribution in [2.75, 3.05) is 6.54 Å². The number of nitrogens with one attached hydrogen (secondary N) is 1. The molecular weight excluding hydrogens is 420 g/mol. The SMILES string of the molecule is CC(C)CCN(C(=O)c1csnn1)C(C(=O)NC1CCCCC1)c1ccc(Cl)cc1. The third-order valence-corrected chi connectivity index (χ3v) is 6.24. The summed E-state index contributed by atoms with van der Waals surface area (Å²) in [6.07, 6.45) is 6.20. The second kappa shape index (κ2) is 10.9.